The Morgan fingerprint density at radius 1 is 1.00 bits per heavy atom. The second kappa shape index (κ2) is 38.5. The number of hydrogen-bond acceptors (Lipinski definition) is 2. The molecule has 0 atom stereocenters. The van der Waals surface area contributed by atoms with Gasteiger partial charge in [-0.1, -0.05) is 0 Å². The fraction of sp³-hybridized carbons (Fsp3) is 0. The summed E-state index contributed by atoms with van der Waals surface area (Å²) in [7, 11) is 0. The summed E-state index contributed by atoms with van der Waals surface area (Å²) in [5, 5.41) is 0. The van der Waals surface area contributed by atoms with E-state index in [1.54, 1.807) is 0 Å². The third kappa shape index (κ3) is 25600. The maximum Gasteiger partial charge on any atom is 0.204 e. The minimum absolute atomic E-state index is 0. The Bertz CT molecular complexity index is 34.7. The molecule has 0 aromatic heterocycles. The first-order valence-corrected chi connectivity index (χ1v) is 1.14. The Hall–Kier alpha value is -0.0600. The maximum absolute atomic E-state index is 8.58. The second-order valence-electron chi connectivity index (χ2n) is 0.272. The first-order chi connectivity index (χ1) is 2.83. The van der Waals surface area contributed by atoms with Gasteiger partial charge in [-0.25, -0.2) is 0 Å². The fourth-order valence-corrected chi connectivity index (χ4v) is 0. The number of nitrogens with two attached hydrogens (primary N) is 2. The van der Waals surface area contributed by atoms with Crippen molar-refractivity contribution in [2.45, 2.75) is 0 Å². The van der Waals surface area contributed by atoms with E-state index in [0.717, 1.165) is 0 Å². The van der Waals surface area contributed by atoms with Gasteiger partial charge < -0.3 is 11.5 Å². The molecule has 0 unspecified atom stereocenters. The topological polar surface area (TPSA) is 86.2 Å². The van der Waals surface area contributed by atoms with Crippen molar-refractivity contribution in [3.63, 3.8) is 0 Å². The minimum Gasteiger partial charge on any atom is -0.372 e. The molecule has 4 N–H and O–H groups in total. The van der Waals surface area contributed by atoms with Crippen LogP contribution in [0.15, 0.2) is 0 Å². The molecular weight excluding hydrogens is 107 g/mol. The largest absolute Gasteiger partial charge is 0.372 e. The van der Waals surface area contributed by atoms with Gasteiger partial charge in [0.05, 0.1) is 0 Å². The number of amides is 2. The van der Waals surface area contributed by atoms with Crippen LogP contribution in [-0.4, -0.2) is 42.4 Å². The van der Waals surface area contributed by atoms with Crippen molar-refractivity contribution >= 4 is 42.4 Å². The molecule has 0 spiro atoms. The van der Waals surface area contributed by atoms with E-state index >= 15 is 0 Å². The van der Waals surface area contributed by atoms with Gasteiger partial charge in [0.2, 0.25) is 12.8 Å². The van der Waals surface area contributed by atoms with Gasteiger partial charge in [-0.2, -0.15) is 0 Å². The molecule has 4 nitrogen and oxygen atoms in total. The van der Waals surface area contributed by atoms with Crippen LogP contribution in [0.25, 0.3) is 0 Å². The minimum atomic E-state index is 0. The quantitative estimate of drug-likeness (QED) is 0.276. The number of hydrogen-bond donors (Lipinski definition) is 2. The van der Waals surface area contributed by atoms with Crippen molar-refractivity contribution < 1.29 is 9.59 Å². The zero-order valence-electron chi connectivity index (χ0n) is 4.13. The van der Waals surface area contributed by atoms with Crippen LogP contribution in [-0.2, 0) is 9.59 Å². The number of carbonyl (C=O) groups excluding carboxylic acids is 2. The van der Waals surface area contributed by atoms with E-state index in [9.17, 15) is 0 Å². The van der Waals surface area contributed by atoms with E-state index in [4.69, 9.17) is 9.59 Å². The molecule has 5 heteroatoms. The van der Waals surface area contributed by atoms with E-state index in [1.165, 1.54) is 0 Å². The molecule has 0 aromatic rings. The fourth-order valence-electron chi connectivity index (χ4n) is 0. The van der Waals surface area contributed by atoms with Crippen molar-refractivity contribution in [1.82, 2.24) is 0 Å². The normalized spacial score (nSPS) is 3.43. The second-order valence-corrected chi connectivity index (χ2v) is 0.272. The monoisotopic (exact) mass is 113 g/mol. The summed E-state index contributed by atoms with van der Waals surface area (Å²) in [4.78, 5) is 17.2. The Morgan fingerprint density at radius 3 is 1.00 bits per heavy atom. The summed E-state index contributed by atoms with van der Waals surface area (Å²) in [6, 6.07) is 0. The maximum atomic E-state index is 8.58. The van der Waals surface area contributed by atoms with Gasteiger partial charge in [-0.3, -0.25) is 9.59 Å². The summed E-state index contributed by atoms with van der Waals surface area (Å²) in [6.07, 6.45) is 0.500. The molecule has 37 valence electrons. The van der Waals surface area contributed by atoms with Gasteiger partial charge in [0, 0.05) is 29.6 Å². The standard InChI is InChI=1S/2CH3NO.Na/c2*2-1-3;/h2*1H,(H2,2,3);. The van der Waals surface area contributed by atoms with E-state index in [2.05, 4.69) is 11.5 Å². The molecule has 0 aliphatic heterocycles. The zero-order valence-corrected chi connectivity index (χ0v) is 6.13. The van der Waals surface area contributed by atoms with Gasteiger partial charge in [-0.05, 0) is 0 Å². The van der Waals surface area contributed by atoms with Gasteiger partial charge in [0.1, 0.15) is 0 Å². The molecule has 0 aliphatic rings. The van der Waals surface area contributed by atoms with E-state index < -0.39 is 0 Å². The van der Waals surface area contributed by atoms with Crippen LogP contribution in [0.1, 0.15) is 0 Å². The van der Waals surface area contributed by atoms with E-state index in [0.29, 0.717) is 0 Å². The van der Waals surface area contributed by atoms with Crippen molar-refractivity contribution in [2.75, 3.05) is 0 Å². The Labute approximate surface area is 63.5 Å². The molecule has 0 saturated carbocycles. The van der Waals surface area contributed by atoms with Gasteiger partial charge >= 0.3 is 0 Å². The van der Waals surface area contributed by atoms with Gasteiger partial charge in [0.15, 0.2) is 0 Å². The smallest absolute Gasteiger partial charge is 0.204 e. The first kappa shape index (κ1) is 15.8. The number of rotatable bonds is 0. The summed E-state index contributed by atoms with van der Waals surface area (Å²) in [5.74, 6) is 0. The van der Waals surface area contributed by atoms with E-state index in [1.807, 2.05) is 0 Å². The van der Waals surface area contributed by atoms with Crippen LogP contribution in [0.5, 0.6) is 0 Å². The molecular formula is C2H6N2NaO2. The van der Waals surface area contributed by atoms with Crippen molar-refractivity contribution in [1.29, 1.82) is 0 Å². The summed E-state index contributed by atoms with van der Waals surface area (Å²) in [5.41, 5.74) is 8.33. The SMILES string of the molecule is NC=O.NC=O.[Na]. The van der Waals surface area contributed by atoms with Crippen LogP contribution in [0.3, 0.4) is 0 Å². The van der Waals surface area contributed by atoms with Gasteiger partial charge in [-0.15, -0.1) is 0 Å². The molecule has 0 aromatic carbocycles. The summed E-state index contributed by atoms with van der Waals surface area (Å²) < 4.78 is 0. The number of primary amides is 2. The van der Waals surface area contributed by atoms with E-state index in [-0.39, 0.29) is 42.4 Å². The average Bonchev–Trinajstić information content (AvgIpc) is 1.39. The van der Waals surface area contributed by atoms with Gasteiger partial charge in [0.25, 0.3) is 0 Å². The van der Waals surface area contributed by atoms with Crippen LogP contribution in [0.2, 0.25) is 0 Å². The van der Waals surface area contributed by atoms with Crippen molar-refractivity contribution in [3.8, 4) is 0 Å². The summed E-state index contributed by atoms with van der Waals surface area (Å²) in [6.45, 7) is 0. The third-order valence-corrected chi connectivity index (χ3v) is 0. The van der Waals surface area contributed by atoms with Crippen LogP contribution in [0, 0.1) is 0 Å². The molecule has 0 aliphatic carbocycles. The average molecular weight is 113 g/mol. The third-order valence-electron chi connectivity index (χ3n) is 0. The van der Waals surface area contributed by atoms with Crippen LogP contribution in [0.4, 0.5) is 0 Å². The molecule has 7 heavy (non-hydrogen) atoms. The number of carbonyl (C=O) groups is 2. The molecule has 2 amide bonds. The molecule has 0 rings (SSSR count). The molecule has 0 fully saturated rings. The first-order valence-electron chi connectivity index (χ1n) is 1.14. The zero-order chi connectivity index (χ0) is 5.41. The molecule has 0 heterocycles. The van der Waals surface area contributed by atoms with Crippen LogP contribution < -0.4 is 11.5 Å². The Morgan fingerprint density at radius 2 is 1.00 bits per heavy atom. The molecule has 1 radical (unpaired) electrons. The van der Waals surface area contributed by atoms with Crippen LogP contribution >= 0.6 is 0 Å². The summed E-state index contributed by atoms with van der Waals surface area (Å²) >= 11 is 0. The Kier molecular flexibility index (Phi) is 86.8. The Balaban J connectivity index is -0.0000000400. The molecule has 0 bridgehead atoms. The van der Waals surface area contributed by atoms with Crippen molar-refractivity contribution in [3.05, 3.63) is 0 Å². The predicted molar refractivity (Wildman–Crippen MR) is 26.3 cm³/mol. The van der Waals surface area contributed by atoms with Crippen molar-refractivity contribution in [2.24, 2.45) is 11.5 Å². The molecule has 0 saturated heterocycles. The predicted octanol–water partition coefficient (Wildman–Crippen LogP) is -2.18.